The van der Waals surface area contributed by atoms with Crippen molar-refractivity contribution in [1.82, 2.24) is 9.88 Å². The Bertz CT molecular complexity index is 778. The first-order chi connectivity index (χ1) is 11.3. The van der Waals surface area contributed by atoms with E-state index in [1.807, 2.05) is 26.2 Å². The molecule has 0 fully saturated rings. The lowest BCUT2D eigenvalue weighted by Crippen LogP contribution is -2.22. The van der Waals surface area contributed by atoms with E-state index in [0.717, 1.165) is 47.5 Å². The van der Waals surface area contributed by atoms with Gasteiger partial charge in [0.2, 0.25) is 0 Å². The predicted octanol–water partition coefficient (Wildman–Crippen LogP) is 4.08. The minimum atomic E-state index is -0.832. The highest BCUT2D eigenvalue weighted by atomic mass is 32.1. The number of thiophene rings is 1. The Morgan fingerprint density at radius 1 is 1.42 bits per heavy atom. The van der Waals surface area contributed by atoms with Crippen molar-refractivity contribution in [3.05, 3.63) is 39.9 Å². The summed E-state index contributed by atoms with van der Waals surface area (Å²) < 4.78 is 0. The Balaban J connectivity index is 2.17. The van der Waals surface area contributed by atoms with E-state index in [9.17, 15) is 9.90 Å². The van der Waals surface area contributed by atoms with Gasteiger partial charge in [-0.3, -0.25) is 4.98 Å². The summed E-state index contributed by atoms with van der Waals surface area (Å²) in [6.07, 6.45) is 4.65. The van der Waals surface area contributed by atoms with Crippen molar-refractivity contribution >= 4 is 17.3 Å². The molecule has 0 atom stereocenters. The molecule has 1 N–H and O–H groups in total. The molecule has 2 aromatic rings. The first-order valence-corrected chi connectivity index (χ1v) is 9.07. The molecule has 0 unspecified atom stereocenters. The molecule has 0 aromatic carbocycles. The number of hydrogen-bond acceptors (Lipinski definition) is 4. The molecule has 2 heterocycles. The average molecular weight is 344 g/mol. The molecule has 0 spiro atoms. The number of carboxylic acid groups (broad SMARTS) is 1. The highest BCUT2D eigenvalue weighted by molar-refractivity contribution is 7.16. The number of hydrogen-bond donors (Lipinski definition) is 1. The molecule has 0 saturated carbocycles. The predicted molar refractivity (Wildman–Crippen MR) is 97.7 cm³/mol. The Kier molecular flexibility index (Phi) is 4.49. The standard InChI is InChI=1S/C19H24N2O2S/c1-19(2)8-7-14-13(10-19)15(18(22)23)17(24-14)16-12(11-21(3)4)6-5-9-20-16/h5-6,9H,7-8,10-11H2,1-4H3,(H,22,23). The third-order valence-electron chi connectivity index (χ3n) is 4.58. The Morgan fingerprint density at radius 2 is 2.17 bits per heavy atom. The van der Waals surface area contributed by atoms with E-state index in [1.54, 1.807) is 17.5 Å². The van der Waals surface area contributed by atoms with Gasteiger partial charge in [-0.05, 0) is 56.0 Å². The maximum atomic E-state index is 12.0. The van der Waals surface area contributed by atoms with Crippen molar-refractivity contribution in [3.63, 3.8) is 0 Å². The fourth-order valence-electron chi connectivity index (χ4n) is 3.42. The van der Waals surface area contributed by atoms with Crippen LogP contribution in [0.3, 0.4) is 0 Å². The van der Waals surface area contributed by atoms with Crippen molar-refractivity contribution in [2.45, 2.75) is 39.7 Å². The number of aromatic carboxylic acids is 1. The van der Waals surface area contributed by atoms with Crippen LogP contribution in [0.2, 0.25) is 0 Å². The molecule has 5 heteroatoms. The van der Waals surface area contributed by atoms with E-state index in [2.05, 4.69) is 23.7 Å². The Labute approximate surface area is 147 Å². The van der Waals surface area contributed by atoms with Crippen molar-refractivity contribution in [3.8, 4) is 10.6 Å². The van der Waals surface area contributed by atoms with Crippen LogP contribution in [0.4, 0.5) is 0 Å². The summed E-state index contributed by atoms with van der Waals surface area (Å²) in [7, 11) is 4.02. The maximum Gasteiger partial charge on any atom is 0.337 e. The molecule has 24 heavy (non-hydrogen) atoms. The second-order valence-electron chi connectivity index (χ2n) is 7.60. The van der Waals surface area contributed by atoms with Crippen LogP contribution >= 0.6 is 11.3 Å². The van der Waals surface area contributed by atoms with Gasteiger partial charge in [0, 0.05) is 17.6 Å². The number of carboxylic acids is 1. The summed E-state index contributed by atoms with van der Waals surface area (Å²) in [6.45, 7) is 5.19. The quantitative estimate of drug-likeness (QED) is 0.908. The summed E-state index contributed by atoms with van der Waals surface area (Å²) in [5, 5.41) is 9.88. The van der Waals surface area contributed by atoms with Crippen LogP contribution in [-0.2, 0) is 19.4 Å². The molecule has 0 bridgehead atoms. The molecule has 3 rings (SSSR count). The molecular formula is C19H24N2O2S. The van der Waals surface area contributed by atoms with Crippen molar-refractivity contribution < 1.29 is 9.90 Å². The van der Waals surface area contributed by atoms with Crippen LogP contribution in [0.15, 0.2) is 18.3 Å². The monoisotopic (exact) mass is 344 g/mol. The van der Waals surface area contributed by atoms with Gasteiger partial charge in [-0.25, -0.2) is 4.79 Å². The Morgan fingerprint density at radius 3 is 2.83 bits per heavy atom. The van der Waals surface area contributed by atoms with Crippen molar-refractivity contribution in [2.75, 3.05) is 14.1 Å². The first-order valence-electron chi connectivity index (χ1n) is 8.25. The summed E-state index contributed by atoms with van der Waals surface area (Å²) in [4.78, 5) is 20.7. The van der Waals surface area contributed by atoms with Gasteiger partial charge in [0.1, 0.15) is 0 Å². The molecule has 0 saturated heterocycles. The van der Waals surface area contributed by atoms with Crippen molar-refractivity contribution in [2.24, 2.45) is 5.41 Å². The van der Waals surface area contributed by atoms with E-state index in [0.29, 0.717) is 5.56 Å². The summed E-state index contributed by atoms with van der Waals surface area (Å²) >= 11 is 1.62. The number of aromatic nitrogens is 1. The van der Waals surface area contributed by atoms with Crippen LogP contribution in [0, 0.1) is 5.41 Å². The maximum absolute atomic E-state index is 12.0. The van der Waals surface area contributed by atoms with Gasteiger partial charge in [-0.15, -0.1) is 11.3 Å². The number of carbonyl (C=O) groups is 1. The van der Waals surface area contributed by atoms with E-state index in [4.69, 9.17) is 0 Å². The van der Waals surface area contributed by atoms with E-state index < -0.39 is 5.97 Å². The third kappa shape index (κ3) is 3.23. The number of nitrogens with zero attached hydrogens (tertiary/aromatic N) is 2. The normalized spacial score (nSPS) is 16.2. The summed E-state index contributed by atoms with van der Waals surface area (Å²) in [5.74, 6) is -0.832. The topological polar surface area (TPSA) is 53.4 Å². The SMILES string of the molecule is CN(C)Cc1cccnc1-c1sc2c(c1C(=O)O)CC(C)(C)CC2. The van der Waals surface area contributed by atoms with E-state index >= 15 is 0 Å². The fraction of sp³-hybridized carbons (Fsp3) is 0.474. The molecule has 2 aromatic heterocycles. The van der Waals surface area contributed by atoms with Gasteiger partial charge < -0.3 is 10.0 Å². The number of fused-ring (bicyclic) bond motifs is 1. The lowest BCUT2D eigenvalue weighted by Gasteiger charge is -2.29. The Hall–Kier alpha value is -1.72. The molecule has 1 aliphatic rings. The van der Waals surface area contributed by atoms with E-state index in [-0.39, 0.29) is 5.41 Å². The highest BCUT2D eigenvalue weighted by Crippen LogP contribution is 2.45. The van der Waals surface area contributed by atoms with Crippen LogP contribution in [-0.4, -0.2) is 35.1 Å². The van der Waals surface area contributed by atoms with Gasteiger partial charge >= 0.3 is 5.97 Å². The zero-order chi connectivity index (χ0) is 17.5. The van der Waals surface area contributed by atoms with E-state index in [1.165, 1.54) is 4.88 Å². The van der Waals surface area contributed by atoms with Crippen LogP contribution in [0.5, 0.6) is 0 Å². The molecule has 1 aliphatic carbocycles. The zero-order valence-corrected chi connectivity index (χ0v) is 15.5. The second kappa shape index (κ2) is 6.30. The number of rotatable bonds is 4. The van der Waals surface area contributed by atoms with Gasteiger partial charge in [0.15, 0.2) is 0 Å². The fourth-order valence-corrected chi connectivity index (χ4v) is 4.77. The van der Waals surface area contributed by atoms with Gasteiger partial charge in [-0.1, -0.05) is 19.9 Å². The van der Waals surface area contributed by atoms with Crippen LogP contribution in [0.1, 0.15) is 46.6 Å². The zero-order valence-electron chi connectivity index (χ0n) is 14.7. The molecular weight excluding hydrogens is 320 g/mol. The van der Waals surface area contributed by atoms with Crippen LogP contribution < -0.4 is 0 Å². The van der Waals surface area contributed by atoms with Gasteiger partial charge in [0.25, 0.3) is 0 Å². The molecule has 4 nitrogen and oxygen atoms in total. The summed E-state index contributed by atoms with van der Waals surface area (Å²) in [5.41, 5.74) is 3.55. The second-order valence-corrected chi connectivity index (χ2v) is 8.71. The average Bonchev–Trinajstić information content (AvgIpc) is 2.84. The lowest BCUT2D eigenvalue weighted by atomic mass is 9.76. The lowest BCUT2D eigenvalue weighted by molar-refractivity contribution is 0.0696. The minimum Gasteiger partial charge on any atom is -0.478 e. The number of pyridine rings is 1. The molecule has 0 radical (unpaired) electrons. The van der Waals surface area contributed by atoms with Crippen LogP contribution in [0.25, 0.3) is 10.6 Å². The molecule has 0 aliphatic heterocycles. The van der Waals surface area contributed by atoms with Gasteiger partial charge in [-0.2, -0.15) is 0 Å². The smallest absolute Gasteiger partial charge is 0.337 e. The molecule has 0 amide bonds. The van der Waals surface area contributed by atoms with Gasteiger partial charge in [0.05, 0.1) is 16.1 Å². The first kappa shape index (κ1) is 17.1. The number of aryl methyl sites for hydroxylation is 1. The minimum absolute atomic E-state index is 0.159. The third-order valence-corrected chi connectivity index (χ3v) is 5.88. The highest BCUT2D eigenvalue weighted by Gasteiger charge is 2.33. The van der Waals surface area contributed by atoms with Crippen molar-refractivity contribution in [1.29, 1.82) is 0 Å². The largest absolute Gasteiger partial charge is 0.478 e. The molecule has 128 valence electrons. The summed E-state index contributed by atoms with van der Waals surface area (Å²) in [6, 6.07) is 3.95.